The molecular weight excluding hydrogens is 266 g/mol. The minimum atomic E-state index is -0.387. The molecule has 0 bridgehead atoms. The summed E-state index contributed by atoms with van der Waals surface area (Å²) in [7, 11) is 0. The number of rotatable bonds is 6. The molecule has 21 heavy (non-hydrogen) atoms. The van der Waals surface area contributed by atoms with Crippen LogP contribution in [0.15, 0.2) is 18.3 Å². The molecule has 1 atom stereocenters. The monoisotopic (exact) mass is 291 g/mol. The first kappa shape index (κ1) is 15.7. The SMILES string of the molecule is CC1CCN(C(=O)C(N)CCCNc2cccnn2)CC1. The van der Waals surface area contributed by atoms with E-state index in [1.165, 1.54) is 0 Å². The standard InChI is InChI=1S/C15H25N5O/c1-12-6-10-20(11-7-12)15(21)13(16)4-2-8-17-14-5-3-9-18-19-14/h3,5,9,12-13H,2,4,6-8,10-11,16H2,1H3,(H,17,19). The van der Waals surface area contributed by atoms with E-state index in [9.17, 15) is 4.79 Å². The molecule has 0 aromatic carbocycles. The molecule has 0 radical (unpaired) electrons. The summed E-state index contributed by atoms with van der Waals surface area (Å²) in [6.45, 7) is 4.69. The number of amides is 1. The van der Waals surface area contributed by atoms with Crippen LogP contribution in [0.5, 0.6) is 0 Å². The quantitative estimate of drug-likeness (QED) is 0.771. The largest absolute Gasteiger partial charge is 0.369 e. The van der Waals surface area contributed by atoms with E-state index in [2.05, 4.69) is 22.4 Å². The number of likely N-dealkylation sites (tertiary alicyclic amines) is 1. The van der Waals surface area contributed by atoms with Crippen LogP contribution in [-0.4, -0.2) is 46.7 Å². The molecule has 1 unspecified atom stereocenters. The maximum absolute atomic E-state index is 12.2. The molecule has 3 N–H and O–H groups in total. The van der Waals surface area contributed by atoms with Crippen molar-refractivity contribution in [2.75, 3.05) is 25.0 Å². The van der Waals surface area contributed by atoms with Crippen LogP contribution < -0.4 is 11.1 Å². The zero-order valence-corrected chi connectivity index (χ0v) is 12.7. The molecule has 1 amide bonds. The highest BCUT2D eigenvalue weighted by atomic mass is 16.2. The van der Waals surface area contributed by atoms with Crippen LogP contribution in [0.25, 0.3) is 0 Å². The van der Waals surface area contributed by atoms with Gasteiger partial charge in [0.05, 0.1) is 6.04 Å². The molecule has 0 aliphatic carbocycles. The van der Waals surface area contributed by atoms with E-state index in [0.717, 1.165) is 50.6 Å². The van der Waals surface area contributed by atoms with Crippen LogP contribution in [0.2, 0.25) is 0 Å². The fourth-order valence-corrected chi connectivity index (χ4v) is 2.52. The Kier molecular flexibility index (Phi) is 5.92. The van der Waals surface area contributed by atoms with E-state index in [0.29, 0.717) is 6.42 Å². The molecule has 6 heteroatoms. The topological polar surface area (TPSA) is 84.1 Å². The zero-order valence-electron chi connectivity index (χ0n) is 12.7. The van der Waals surface area contributed by atoms with Gasteiger partial charge in [-0.25, -0.2) is 0 Å². The van der Waals surface area contributed by atoms with E-state index < -0.39 is 0 Å². The van der Waals surface area contributed by atoms with Crippen molar-refractivity contribution in [3.8, 4) is 0 Å². The Hall–Kier alpha value is -1.69. The predicted octanol–water partition coefficient (Wildman–Crippen LogP) is 1.25. The number of carbonyl (C=O) groups is 1. The summed E-state index contributed by atoms with van der Waals surface area (Å²) in [6, 6.07) is 3.32. The minimum Gasteiger partial charge on any atom is -0.369 e. The van der Waals surface area contributed by atoms with Crippen LogP contribution in [0.4, 0.5) is 5.82 Å². The average Bonchev–Trinajstić information content (AvgIpc) is 2.52. The number of aromatic nitrogens is 2. The van der Waals surface area contributed by atoms with Crippen molar-refractivity contribution in [2.45, 2.75) is 38.6 Å². The van der Waals surface area contributed by atoms with Gasteiger partial charge >= 0.3 is 0 Å². The van der Waals surface area contributed by atoms with Crippen molar-refractivity contribution >= 4 is 11.7 Å². The molecular formula is C15H25N5O. The van der Waals surface area contributed by atoms with Gasteiger partial charge in [0.2, 0.25) is 5.91 Å². The molecule has 1 aliphatic rings. The number of nitrogens with two attached hydrogens (primary N) is 1. The third-order valence-corrected chi connectivity index (χ3v) is 3.98. The van der Waals surface area contributed by atoms with Gasteiger partial charge in [0.1, 0.15) is 5.82 Å². The van der Waals surface area contributed by atoms with Gasteiger partial charge in [0.25, 0.3) is 0 Å². The highest BCUT2D eigenvalue weighted by Gasteiger charge is 2.24. The maximum atomic E-state index is 12.2. The van der Waals surface area contributed by atoms with Gasteiger partial charge in [-0.05, 0) is 43.7 Å². The average molecular weight is 291 g/mol. The first-order valence-electron chi connectivity index (χ1n) is 7.72. The van der Waals surface area contributed by atoms with Crippen molar-refractivity contribution in [3.05, 3.63) is 18.3 Å². The van der Waals surface area contributed by atoms with Gasteiger partial charge < -0.3 is 16.0 Å². The third-order valence-electron chi connectivity index (χ3n) is 3.98. The molecule has 0 spiro atoms. The normalized spacial score (nSPS) is 17.5. The number of piperidine rings is 1. The van der Waals surface area contributed by atoms with Gasteiger partial charge in [-0.2, -0.15) is 5.10 Å². The lowest BCUT2D eigenvalue weighted by molar-refractivity contribution is -0.134. The smallest absolute Gasteiger partial charge is 0.239 e. The number of carbonyl (C=O) groups excluding carboxylic acids is 1. The van der Waals surface area contributed by atoms with E-state index in [4.69, 9.17) is 5.73 Å². The van der Waals surface area contributed by atoms with Crippen molar-refractivity contribution in [3.63, 3.8) is 0 Å². The van der Waals surface area contributed by atoms with Crippen LogP contribution in [0, 0.1) is 5.92 Å². The van der Waals surface area contributed by atoms with Gasteiger partial charge in [-0.15, -0.1) is 5.10 Å². The second-order valence-corrected chi connectivity index (χ2v) is 5.79. The molecule has 2 rings (SSSR count). The number of nitrogens with zero attached hydrogens (tertiary/aromatic N) is 3. The number of hydrogen-bond acceptors (Lipinski definition) is 5. The second-order valence-electron chi connectivity index (χ2n) is 5.79. The van der Waals surface area contributed by atoms with Gasteiger partial charge in [0, 0.05) is 25.8 Å². The van der Waals surface area contributed by atoms with Crippen LogP contribution >= 0.6 is 0 Å². The molecule has 2 heterocycles. The summed E-state index contributed by atoms with van der Waals surface area (Å²) in [6.07, 6.45) is 5.35. The molecule has 1 fully saturated rings. The first-order chi connectivity index (χ1) is 10.2. The van der Waals surface area contributed by atoms with Gasteiger partial charge in [0.15, 0.2) is 0 Å². The van der Waals surface area contributed by atoms with E-state index >= 15 is 0 Å². The second kappa shape index (κ2) is 7.93. The summed E-state index contributed by atoms with van der Waals surface area (Å²) in [4.78, 5) is 14.1. The maximum Gasteiger partial charge on any atom is 0.239 e. The van der Waals surface area contributed by atoms with Crippen LogP contribution in [-0.2, 0) is 4.79 Å². The summed E-state index contributed by atoms with van der Waals surface area (Å²) >= 11 is 0. The Morgan fingerprint density at radius 1 is 1.52 bits per heavy atom. The Balaban J connectivity index is 1.64. The summed E-state index contributed by atoms with van der Waals surface area (Å²) in [5.74, 6) is 1.57. The molecule has 1 aromatic rings. The van der Waals surface area contributed by atoms with Crippen LogP contribution in [0.3, 0.4) is 0 Å². The van der Waals surface area contributed by atoms with Crippen molar-refractivity contribution < 1.29 is 4.79 Å². The minimum absolute atomic E-state index is 0.0985. The third kappa shape index (κ3) is 4.97. The number of nitrogens with one attached hydrogen (secondary N) is 1. The summed E-state index contributed by atoms with van der Waals surface area (Å²) < 4.78 is 0. The Morgan fingerprint density at radius 3 is 2.95 bits per heavy atom. The fourth-order valence-electron chi connectivity index (χ4n) is 2.52. The van der Waals surface area contributed by atoms with Crippen molar-refractivity contribution in [1.82, 2.24) is 15.1 Å². The highest BCUT2D eigenvalue weighted by molar-refractivity contribution is 5.81. The number of hydrogen-bond donors (Lipinski definition) is 2. The molecule has 0 saturated carbocycles. The lowest BCUT2D eigenvalue weighted by atomic mass is 9.98. The summed E-state index contributed by atoms with van der Waals surface area (Å²) in [5, 5.41) is 10.9. The Labute approximate surface area is 126 Å². The predicted molar refractivity (Wildman–Crippen MR) is 82.7 cm³/mol. The van der Waals surface area contributed by atoms with Crippen LogP contribution in [0.1, 0.15) is 32.6 Å². The zero-order chi connectivity index (χ0) is 15.1. The number of anilines is 1. The van der Waals surface area contributed by atoms with Crippen molar-refractivity contribution in [2.24, 2.45) is 11.7 Å². The molecule has 1 aliphatic heterocycles. The summed E-state index contributed by atoms with van der Waals surface area (Å²) in [5.41, 5.74) is 6.02. The molecule has 116 valence electrons. The Morgan fingerprint density at radius 2 is 2.29 bits per heavy atom. The van der Waals surface area contributed by atoms with E-state index in [1.807, 2.05) is 17.0 Å². The van der Waals surface area contributed by atoms with E-state index in [-0.39, 0.29) is 11.9 Å². The first-order valence-corrected chi connectivity index (χ1v) is 7.72. The van der Waals surface area contributed by atoms with Gasteiger partial charge in [-0.3, -0.25) is 4.79 Å². The molecule has 1 aromatic heterocycles. The molecule has 6 nitrogen and oxygen atoms in total. The molecule has 1 saturated heterocycles. The Bertz CT molecular complexity index is 431. The lowest BCUT2D eigenvalue weighted by Gasteiger charge is -2.32. The van der Waals surface area contributed by atoms with Crippen molar-refractivity contribution in [1.29, 1.82) is 0 Å². The highest BCUT2D eigenvalue weighted by Crippen LogP contribution is 2.17. The van der Waals surface area contributed by atoms with E-state index in [1.54, 1.807) is 6.20 Å². The fraction of sp³-hybridized carbons (Fsp3) is 0.667. The van der Waals surface area contributed by atoms with Gasteiger partial charge in [-0.1, -0.05) is 6.92 Å². The lowest BCUT2D eigenvalue weighted by Crippen LogP contribution is -2.47.